The van der Waals surface area contributed by atoms with Crippen LogP contribution in [0.4, 0.5) is 5.82 Å². The Morgan fingerprint density at radius 2 is 2.06 bits per heavy atom. The van der Waals surface area contributed by atoms with E-state index in [1.54, 1.807) is 18.5 Å². The minimum absolute atomic E-state index is 0.117. The maximum atomic E-state index is 5.79. The van der Waals surface area contributed by atoms with Crippen LogP contribution in [0.25, 0.3) is 0 Å². The molecule has 0 saturated heterocycles. The van der Waals surface area contributed by atoms with Gasteiger partial charge >= 0.3 is 0 Å². The molecule has 0 amide bonds. The van der Waals surface area contributed by atoms with Crippen molar-refractivity contribution in [2.24, 2.45) is 0 Å². The van der Waals surface area contributed by atoms with Crippen LogP contribution < -0.4 is 5.73 Å². The fourth-order valence-electron chi connectivity index (χ4n) is 1.24. The molecule has 17 heavy (non-hydrogen) atoms. The molecular weight excluding hydrogens is 234 g/mol. The van der Waals surface area contributed by atoms with E-state index in [0.29, 0.717) is 5.82 Å². The third-order valence-corrected chi connectivity index (χ3v) is 2.90. The number of nitrogens with zero attached hydrogens (tertiary/aromatic N) is 3. The van der Waals surface area contributed by atoms with Crippen molar-refractivity contribution in [1.29, 1.82) is 0 Å². The van der Waals surface area contributed by atoms with Crippen LogP contribution in [0.5, 0.6) is 0 Å². The average molecular weight is 249 g/mol. The summed E-state index contributed by atoms with van der Waals surface area (Å²) in [6.45, 7) is 6.18. The van der Waals surface area contributed by atoms with E-state index in [9.17, 15) is 0 Å². The molecule has 2 aromatic heterocycles. The normalized spacial score (nSPS) is 11.7. The van der Waals surface area contributed by atoms with Crippen molar-refractivity contribution in [2.45, 2.75) is 36.4 Å². The number of nitrogens with one attached hydrogen (secondary N) is 1. The molecular formula is C11H15N5S. The SMILES string of the molecule is CC(C)(C)c1nc(N)cc(Sc2ncc[nH]2)n1. The lowest BCUT2D eigenvalue weighted by molar-refractivity contribution is 0.539. The van der Waals surface area contributed by atoms with Crippen molar-refractivity contribution >= 4 is 17.6 Å². The van der Waals surface area contributed by atoms with Gasteiger partial charge in [-0.2, -0.15) is 0 Å². The van der Waals surface area contributed by atoms with Crippen LogP contribution in [-0.4, -0.2) is 19.9 Å². The smallest absolute Gasteiger partial charge is 0.171 e. The Labute approximate surface area is 104 Å². The van der Waals surface area contributed by atoms with Gasteiger partial charge in [0, 0.05) is 23.9 Å². The van der Waals surface area contributed by atoms with E-state index in [1.165, 1.54) is 11.8 Å². The third kappa shape index (κ3) is 2.97. The Hall–Kier alpha value is -1.56. The van der Waals surface area contributed by atoms with Crippen molar-refractivity contribution in [1.82, 2.24) is 19.9 Å². The van der Waals surface area contributed by atoms with Crippen LogP contribution >= 0.6 is 11.8 Å². The summed E-state index contributed by atoms with van der Waals surface area (Å²) in [6, 6.07) is 1.75. The van der Waals surface area contributed by atoms with Crippen LogP contribution in [0.1, 0.15) is 26.6 Å². The van der Waals surface area contributed by atoms with Gasteiger partial charge in [-0.1, -0.05) is 20.8 Å². The summed E-state index contributed by atoms with van der Waals surface area (Å²) in [5.74, 6) is 1.23. The van der Waals surface area contributed by atoms with Crippen molar-refractivity contribution in [3.63, 3.8) is 0 Å². The highest BCUT2D eigenvalue weighted by Crippen LogP contribution is 2.26. The van der Waals surface area contributed by atoms with Gasteiger partial charge in [0.2, 0.25) is 0 Å². The van der Waals surface area contributed by atoms with Gasteiger partial charge in [0.15, 0.2) is 5.16 Å². The van der Waals surface area contributed by atoms with E-state index in [1.807, 2.05) is 0 Å². The molecule has 90 valence electrons. The van der Waals surface area contributed by atoms with Gasteiger partial charge in [0.05, 0.1) is 0 Å². The van der Waals surface area contributed by atoms with Crippen LogP contribution in [0.3, 0.4) is 0 Å². The number of nitrogens with two attached hydrogens (primary N) is 1. The van der Waals surface area contributed by atoms with Crippen molar-refractivity contribution in [2.75, 3.05) is 5.73 Å². The summed E-state index contributed by atoms with van der Waals surface area (Å²) in [6.07, 6.45) is 3.48. The van der Waals surface area contributed by atoms with Crippen LogP contribution in [-0.2, 0) is 5.41 Å². The highest BCUT2D eigenvalue weighted by molar-refractivity contribution is 7.99. The fourth-order valence-corrected chi connectivity index (χ4v) is 1.99. The highest BCUT2D eigenvalue weighted by Gasteiger charge is 2.19. The van der Waals surface area contributed by atoms with E-state index in [-0.39, 0.29) is 5.41 Å². The Kier molecular flexibility index (Phi) is 3.06. The number of aromatic nitrogens is 4. The summed E-state index contributed by atoms with van der Waals surface area (Å²) in [5.41, 5.74) is 5.67. The molecule has 2 heterocycles. The maximum Gasteiger partial charge on any atom is 0.171 e. The van der Waals surface area contributed by atoms with Crippen LogP contribution in [0.15, 0.2) is 28.6 Å². The second kappa shape index (κ2) is 4.37. The first kappa shape index (κ1) is 11.9. The van der Waals surface area contributed by atoms with Gasteiger partial charge in [-0.05, 0) is 11.8 Å². The van der Waals surface area contributed by atoms with E-state index in [4.69, 9.17) is 5.73 Å². The first-order chi connectivity index (χ1) is 7.95. The molecule has 3 N–H and O–H groups in total. The van der Waals surface area contributed by atoms with Gasteiger partial charge in [0.1, 0.15) is 16.7 Å². The van der Waals surface area contributed by atoms with E-state index < -0.39 is 0 Å². The van der Waals surface area contributed by atoms with E-state index in [2.05, 4.69) is 40.7 Å². The number of anilines is 1. The number of hydrogen-bond acceptors (Lipinski definition) is 5. The summed E-state index contributed by atoms with van der Waals surface area (Å²) >= 11 is 1.44. The third-order valence-electron chi connectivity index (χ3n) is 2.07. The van der Waals surface area contributed by atoms with E-state index >= 15 is 0 Å². The molecule has 6 heteroatoms. The molecule has 0 spiro atoms. The molecule has 0 fully saturated rings. The maximum absolute atomic E-state index is 5.79. The number of hydrogen-bond donors (Lipinski definition) is 2. The Balaban J connectivity index is 2.32. The molecule has 5 nitrogen and oxygen atoms in total. The molecule has 0 saturated carbocycles. The quantitative estimate of drug-likeness (QED) is 0.798. The first-order valence-corrected chi connectivity index (χ1v) is 6.09. The summed E-state index contributed by atoms with van der Waals surface area (Å²) < 4.78 is 0. The Morgan fingerprint density at radius 3 is 2.65 bits per heavy atom. The number of imidazole rings is 1. The van der Waals surface area contributed by atoms with Crippen LogP contribution in [0.2, 0.25) is 0 Å². The fraction of sp³-hybridized carbons (Fsp3) is 0.364. The van der Waals surface area contributed by atoms with Crippen molar-refractivity contribution in [3.05, 3.63) is 24.3 Å². The molecule has 2 aromatic rings. The van der Waals surface area contributed by atoms with Gasteiger partial charge in [0.25, 0.3) is 0 Å². The number of H-pyrrole nitrogens is 1. The summed E-state index contributed by atoms with van der Waals surface area (Å²) in [5, 5.41) is 1.60. The lowest BCUT2D eigenvalue weighted by atomic mass is 9.96. The molecule has 0 bridgehead atoms. The van der Waals surface area contributed by atoms with Gasteiger partial charge in [-0.25, -0.2) is 15.0 Å². The first-order valence-electron chi connectivity index (χ1n) is 5.27. The molecule has 0 radical (unpaired) electrons. The predicted octanol–water partition coefficient (Wildman–Crippen LogP) is 2.23. The second-order valence-corrected chi connectivity index (χ2v) is 5.71. The number of rotatable bonds is 2. The van der Waals surface area contributed by atoms with Gasteiger partial charge in [-0.3, -0.25) is 0 Å². The number of nitrogen functional groups attached to an aromatic ring is 1. The van der Waals surface area contributed by atoms with Gasteiger partial charge in [-0.15, -0.1) is 0 Å². The van der Waals surface area contributed by atoms with Crippen molar-refractivity contribution in [3.8, 4) is 0 Å². The van der Waals surface area contributed by atoms with E-state index in [0.717, 1.165) is 16.0 Å². The second-order valence-electron chi connectivity index (χ2n) is 4.70. The lowest BCUT2D eigenvalue weighted by Gasteiger charge is -2.17. The molecule has 0 aliphatic rings. The lowest BCUT2D eigenvalue weighted by Crippen LogP contribution is -2.17. The standard InChI is InChI=1S/C11H15N5S/c1-11(2,3)9-15-7(12)6-8(16-9)17-10-13-4-5-14-10/h4-6H,1-3H3,(H,13,14)(H2,12,15,16). The molecule has 0 unspecified atom stereocenters. The average Bonchev–Trinajstić information content (AvgIpc) is 2.68. The summed E-state index contributed by atoms with van der Waals surface area (Å²) in [4.78, 5) is 15.9. The zero-order chi connectivity index (χ0) is 12.5. The zero-order valence-corrected chi connectivity index (χ0v) is 10.9. The number of aromatic amines is 1. The minimum Gasteiger partial charge on any atom is -0.384 e. The molecule has 0 aliphatic heterocycles. The predicted molar refractivity (Wildman–Crippen MR) is 67.9 cm³/mol. The Bertz CT molecular complexity index is 501. The zero-order valence-electron chi connectivity index (χ0n) is 10.1. The molecule has 2 rings (SSSR count). The van der Waals surface area contributed by atoms with Gasteiger partial charge < -0.3 is 10.7 Å². The topological polar surface area (TPSA) is 80.5 Å². The largest absolute Gasteiger partial charge is 0.384 e. The molecule has 0 atom stereocenters. The summed E-state index contributed by atoms with van der Waals surface area (Å²) in [7, 11) is 0. The highest BCUT2D eigenvalue weighted by atomic mass is 32.2. The van der Waals surface area contributed by atoms with Crippen LogP contribution in [0, 0.1) is 0 Å². The molecule has 0 aromatic carbocycles. The minimum atomic E-state index is -0.117. The monoisotopic (exact) mass is 249 g/mol. The molecule has 0 aliphatic carbocycles. The van der Waals surface area contributed by atoms with Crippen molar-refractivity contribution < 1.29 is 0 Å². The Morgan fingerprint density at radius 1 is 1.29 bits per heavy atom.